The molecule has 0 fully saturated rings. The number of hydrogen-bond donors (Lipinski definition) is 0. The molecule has 0 saturated carbocycles. The highest BCUT2D eigenvalue weighted by Crippen LogP contribution is 2.31. The Bertz CT molecular complexity index is 426. The monoisotopic (exact) mass is 202 g/mol. The first kappa shape index (κ1) is 10.2. The molecule has 2 heterocycles. The molecule has 0 saturated heterocycles. The van der Waals surface area contributed by atoms with E-state index in [1.807, 2.05) is 6.20 Å². The number of nitrogens with zero attached hydrogens (tertiary/aromatic N) is 2. The Morgan fingerprint density at radius 2 is 1.93 bits per heavy atom. The van der Waals surface area contributed by atoms with Crippen LogP contribution in [0.2, 0.25) is 0 Å². The first-order valence-electron chi connectivity index (χ1n) is 5.56. The molecule has 80 valence electrons. The minimum Gasteiger partial charge on any atom is -0.330 e. The lowest BCUT2D eigenvalue weighted by Gasteiger charge is -2.16. The van der Waals surface area contributed by atoms with E-state index in [4.69, 9.17) is 0 Å². The van der Waals surface area contributed by atoms with Crippen LogP contribution in [0.4, 0.5) is 0 Å². The molecule has 15 heavy (non-hydrogen) atoms. The molecule has 0 aromatic rings. The Morgan fingerprint density at radius 3 is 2.53 bits per heavy atom. The van der Waals surface area contributed by atoms with Crippen molar-refractivity contribution in [2.24, 2.45) is 0 Å². The molecule has 0 aromatic heterocycles. The summed E-state index contributed by atoms with van der Waals surface area (Å²) in [6, 6.07) is 4.73. The third-order valence-corrected chi connectivity index (χ3v) is 2.81. The Balaban J connectivity index is 2.58. The molecule has 2 aliphatic heterocycles. The fourth-order valence-electron chi connectivity index (χ4n) is 1.95. The van der Waals surface area contributed by atoms with E-state index in [2.05, 4.69) is 55.6 Å². The number of rotatable bonds is 2. The lowest BCUT2D eigenvalue weighted by Crippen LogP contribution is -2.05. The van der Waals surface area contributed by atoms with Gasteiger partial charge in [-0.15, -0.1) is 0 Å². The number of hydrogen-bond acceptors (Lipinski definition) is 1. The van der Waals surface area contributed by atoms with Crippen LogP contribution < -0.4 is 0 Å². The van der Waals surface area contributed by atoms with Gasteiger partial charge in [0, 0.05) is 24.0 Å². The van der Waals surface area contributed by atoms with Crippen LogP contribution in [0.5, 0.6) is 0 Å². The first-order chi connectivity index (χ1) is 7.11. The van der Waals surface area contributed by atoms with Crippen LogP contribution in [0.15, 0.2) is 24.5 Å². The Labute approximate surface area is 91.3 Å². The molecule has 0 bridgehead atoms. The summed E-state index contributed by atoms with van der Waals surface area (Å²) in [5, 5.41) is 0. The molecular weight excluding hydrogens is 184 g/mol. The predicted molar refractivity (Wildman–Crippen MR) is 63.3 cm³/mol. The molecule has 2 rings (SSSR count). The van der Waals surface area contributed by atoms with E-state index in [0.717, 1.165) is 5.82 Å². The zero-order chi connectivity index (χ0) is 11.0. The van der Waals surface area contributed by atoms with Crippen molar-refractivity contribution in [3.63, 3.8) is 0 Å². The number of aromatic nitrogens is 2. The average Bonchev–Trinajstić information content (AvgIpc) is 2.59. The standard InChI is InChI=1S/C13H18N2/c1-9(2)12-8-14-13-11(12)6-5-7-15(13)10(3)4/h5-10H,1-4H3. The van der Waals surface area contributed by atoms with Gasteiger partial charge in [-0.1, -0.05) is 13.8 Å². The van der Waals surface area contributed by atoms with Gasteiger partial charge < -0.3 is 4.57 Å². The number of pyridine rings is 1. The second kappa shape index (κ2) is 3.69. The fraction of sp³-hybridized carbons (Fsp3) is 0.462. The van der Waals surface area contributed by atoms with Crippen LogP contribution in [0.3, 0.4) is 0 Å². The van der Waals surface area contributed by atoms with Gasteiger partial charge in [0.2, 0.25) is 0 Å². The molecule has 0 spiro atoms. The summed E-state index contributed by atoms with van der Waals surface area (Å²) in [6.45, 7) is 8.79. The molecule has 0 unspecified atom stereocenters. The van der Waals surface area contributed by atoms with Gasteiger partial charge >= 0.3 is 0 Å². The second-order valence-corrected chi connectivity index (χ2v) is 4.61. The molecule has 2 aliphatic rings. The quantitative estimate of drug-likeness (QED) is 0.726. The van der Waals surface area contributed by atoms with Crippen molar-refractivity contribution in [1.29, 1.82) is 0 Å². The van der Waals surface area contributed by atoms with Crippen LogP contribution in [-0.2, 0) is 0 Å². The largest absolute Gasteiger partial charge is 0.330 e. The third kappa shape index (κ3) is 1.65. The summed E-state index contributed by atoms with van der Waals surface area (Å²) in [6.07, 6.45) is 4.11. The zero-order valence-corrected chi connectivity index (χ0v) is 9.86. The van der Waals surface area contributed by atoms with Gasteiger partial charge in [0.15, 0.2) is 0 Å². The fourth-order valence-corrected chi connectivity index (χ4v) is 1.95. The summed E-state index contributed by atoms with van der Waals surface area (Å²) in [5.74, 6) is 1.65. The molecule has 0 atom stereocenters. The van der Waals surface area contributed by atoms with Crippen LogP contribution in [0.25, 0.3) is 11.4 Å². The van der Waals surface area contributed by atoms with E-state index in [1.54, 1.807) is 0 Å². The molecule has 0 radical (unpaired) electrons. The zero-order valence-electron chi connectivity index (χ0n) is 9.86. The Kier molecular flexibility index (Phi) is 2.51. The topological polar surface area (TPSA) is 17.8 Å². The van der Waals surface area contributed by atoms with E-state index in [1.165, 1.54) is 11.1 Å². The summed E-state index contributed by atoms with van der Waals surface area (Å²) in [5.41, 5.74) is 2.64. The van der Waals surface area contributed by atoms with Gasteiger partial charge in [0.1, 0.15) is 5.82 Å². The van der Waals surface area contributed by atoms with Crippen molar-refractivity contribution in [2.45, 2.75) is 39.7 Å². The van der Waals surface area contributed by atoms with Crippen molar-refractivity contribution < 1.29 is 0 Å². The lowest BCUT2D eigenvalue weighted by molar-refractivity contribution is 0.596. The van der Waals surface area contributed by atoms with Crippen LogP contribution in [0, 0.1) is 0 Å². The van der Waals surface area contributed by atoms with E-state index in [0.29, 0.717) is 12.0 Å². The number of fused-ring (bicyclic) bond motifs is 1. The van der Waals surface area contributed by atoms with Gasteiger partial charge in [-0.05, 0) is 37.5 Å². The first-order valence-corrected chi connectivity index (χ1v) is 5.56. The maximum atomic E-state index is 4.52. The van der Waals surface area contributed by atoms with E-state index >= 15 is 0 Å². The summed E-state index contributed by atoms with van der Waals surface area (Å²) in [4.78, 5) is 4.52. The van der Waals surface area contributed by atoms with E-state index in [9.17, 15) is 0 Å². The van der Waals surface area contributed by atoms with Crippen molar-refractivity contribution >= 4 is 0 Å². The predicted octanol–water partition coefficient (Wildman–Crippen LogP) is 3.69. The maximum absolute atomic E-state index is 4.52. The Morgan fingerprint density at radius 1 is 1.20 bits per heavy atom. The molecule has 0 aliphatic carbocycles. The van der Waals surface area contributed by atoms with Crippen molar-refractivity contribution in [1.82, 2.24) is 9.55 Å². The van der Waals surface area contributed by atoms with Gasteiger partial charge in [-0.3, -0.25) is 0 Å². The smallest absolute Gasteiger partial charge is 0.140 e. The summed E-state index contributed by atoms with van der Waals surface area (Å²) in [7, 11) is 0. The highest BCUT2D eigenvalue weighted by atomic mass is 15.1. The minimum atomic E-state index is 0.462. The molecule has 0 N–H and O–H groups in total. The maximum Gasteiger partial charge on any atom is 0.140 e. The molecule has 2 nitrogen and oxygen atoms in total. The van der Waals surface area contributed by atoms with Crippen LogP contribution >= 0.6 is 0 Å². The summed E-state index contributed by atoms with van der Waals surface area (Å²) >= 11 is 0. The van der Waals surface area contributed by atoms with Gasteiger partial charge in [0.05, 0.1) is 0 Å². The van der Waals surface area contributed by atoms with Crippen molar-refractivity contribution in [3.8, 4) is 11.4 Å². The third-order valence-electron chi connectivity index (χ3n) is 2.81. The van der Waals surface area contributed by atoms with E-state index < -0.39 is 0 Å². The van der Waals surface area contributed by atoms with Crippen molar-refractivity contribution in [3.05, 3.63) is 30.1 Å². The normalized spacial score (nSPS) is 11.9. The lowest BCUT2D eigenvalue weighted by atomic mass is 10.0. The molecule has 0 amide bonds. The van der Waals surface area contributed by atoms with Crippen LogP contribution in [-0.4, -0.2) is 9.55 Å². The van der Waals surface area contributed by atoms with Crippen molar-refractivity contribution in [2.75, 3.05) is 0 Å². The van der Waals surface area contributed by atoms with Crippen LogP contribution in [0.1, 0.15) is 45.2 Å². The average molecular weight is 202 g/mol. The molecular formula is C13H18N2. The SMILES string of the molecule is CC(C)c1cnc2n(C(C)C)cccc1-2. The molecule has 2 heteroatoms. The van der Waals surface area contributed by atoms with E-state index in [-0.39, 0.29) is 0 Å². The van der Waals surface area contributed by atoms with Gasteiger partial charge in [-0.2, -0.15) is 0 Å². The van der Waals surface area contributed by atoms with Gasteiger partial charge in [-0.25, -0.2) is 4.98 Å². The Hall–Kier alpha value is -1.31. The second-order valence-electron chi connectivity index (χ2n) is 4.61. The minimum absolute atomic E-state index is 0.462. The van der Waals surface area contributed by atoms with Gasteiger partial charge in [0.25, 0.3) is 0 Å². The highest BCUT2D eigenvalue weighted by molar-refractivity contribution is 5.63. The summed E-state index contributed by atoms with van der Waals surface area (Å²) < 4.78 is 2.22. The molecule has 0 aromatic carbocycles. The highest BCUT2D eigenvalue weighted by Gasteiger charge is 2.16.